The van der Waals surface area contributed by atoms with Crippen molar-refractivity contribution in [2.75, 3.05) is 5.73 Å². The van der Waals surface area contributed by atoms with E-state index in [4.69, 9.17) is 17.3 Å². The molecule has 3 nitrogen and oxygen atoms in total. The Bertz CT molecular complexity index is 523. The molecule has 2 rings (SSSR count). The molecule has 0 fully saturated rings. The predicted molar refractivity (Wildman–Crippen MR) is 67.5 cm³/mol. The molecule has 0 aliphatic heterocycles. The standard InChI is InChI=1S/C12H14ClN3/c1-7(2)3-8-4-10-12(15-6-8)9(14)5-11(13)16-10/h4-7H,3H2,1-2H3,(H2,14,16). The van der Waals surface area contributed by atoms with E-state index >= 15 is 0 Å². The first-order valence-corrected chi connectivity index (χ1v) is 5.64. The summed E-state index contributed by atoms with van der Waals surface area (Å²) < 4.78 is 0. The number of pyridine rings is 2. The minimum Gasteiger partial charge on any atom is -0.397 e. The smallest absolute Gasteiger partial charge is 0.131 e. The normalized spacial score (nSPS) is 11.2. The third kappa shape index (κ3) is 2.25. The Balaban J connectivity index is 2.53. The van der Waals surface area contributed by atoms with E-state index in [2.05, 4.69) is 23.8 Å². The van der Waals surface area contributed by atoms with Crippen LogP contribution in [-0.4, -0.2) is 9.97 Å². The lowest BCUT2D eigenvalue weighted by Gasteiger charge is -2.06. The van der Waals surface area contributed by atoms with Crippen molar-refractivity contribution < 1.29 is 0 Å². The molecule has 0 aliphatic rings. The number of fused-ring (bicyclic) bond motifs is 1. The van der Waals surface area contributed by atoms with Gasteiger partial charge in [0, 0.05) is 12.3 Å². The number of anilines is 1. The van der Waals surface area contributed by atoms with Gasteiger partial charge in [-0.25, -0.2) is 4.98 Å². The van der Waals surface area contributed by atoms with Crippen LogP contribution in [-0.2, 0) is 6.42 Å². The number of nitrogens with zero attached hydrogens (tertiary/aromatic N) is 2. The summed E-state index contributed by atoms with van der Waals surface area (Å²) >= 11 is 5.86. The van der Waals surface area contributed by atoms with E-state index in [1.54, 1.807) is 6.07 Å². The zero-order valence-corrected chi connectivity index (χ0v) is 10.1. The molecule has 0 bridgehead atoms. The Morgan fingerprint density at radius 1 is 1.38 bits per heavy atom. The van der Waals surface area contributed by atoms with Crippen LogP contribution in [0.25, 0.3) is 11.0 Å². The Hall–Kier alpha value is -1.35. The van der Waals surface area contributed by atoms with Crippen LogP contribution in [0.1, 0.15) is 19.4 Å². The van der Waals surface area contributed by atoms with Crippen molar-refractivity contribution in [1.82, 2.24) is 9.97 Å². The van der Waals surface area contributed by atoms with Crippen LogP contribution in [0, 0.1) is 5.92 Å². The van der Waals surface area contributed by atoms with E-state index in [9.17, 15) is 0 Å². The van der Waals surface area contributed by atoms with Crippen molar-refractivity contribution in [2.24, 2.45) is 5.92 Å². The molecule has 0 radical (unpaired) electrons. The number of aromatic nitrogens is 2. The molecule has 0 aromatic carbocycles. The molecule has 84 valence electrons. The summed E-state index contributed by atoms with van der Waals surface area (Å²) in [4.78, 5) is 8.56. The van der Waals surface area contributed by atoms with Crippen molar-refractivity contribution in [1.29, 1.82) is 0 Å². The van der Waals surface area contributed by atoms with E-state index in [1.807, 2.05) is 12.3 Å². The molecule has 2 N–H and O–H groups in total. The number of hydrogen-bond donors (Lipinski definition) is 1. The summed E-state index contributed by atoms with van der Waals surface area (Å²) in [5.41, 5.74) is 9.05. The second-order valence-corrected chi connectivity index (χ2v) is 4.73. The van der Waals surface area contributed by atoms with Crippen LogP contribution in [0.15, 0.2) is 18.3 Å². The highest BCUT2D eigenvalue weighted by atomic mass is 35.5. The van der Waals surface area contributed by atoms with E-state index in [-0.39, 0.29) is 0 Å². The number of nitrogen functional groups attached to an aromatic ring is 1. The first-order valence-electron chi connectivity index (χ1n) is 5.27. The molecule has 0 aliphatic carbocycles. The number of halogens is 1. The van der Waals surface area contributed by atoms with E-state index < -0.39 is 0 Å². The van der Waals surface area contributed by atoms with Gasteiger partial charge >= 0.3 is 0 Å². The van der Waals surface area contributed by atoms with Gasteiger partial charge in [0.1, 0.15) is 10.7 Å². The fraction of sp³-hybridized carbons (Fsp3) is 0.333. The van der Waals surface area contributed by atoms with Crippen LogP contribution in [0.4, 0.5) is 5.69 Å². The second-order valence-electron chi connectivity index (χ2n) is 4.34. The fourth-order valence-corrected chi connectivity index (χ4v) is 1.94. The van der Waals surface area contributed by atoms with Gasteiger partial charge < -0.3 is 5.73 Å². The molecular formula is C12H14ClN3. The first kappa shape index (κ1) is 11.1. The van der Waals surface area contributed by atoms with Gasteiger partial charge in [-0.15, -0.1) is 0 Å². The molecule has 2 heterocycles. The zero-order valence-electron chi connectivity index (χ0n) is 9.37. The van der Waals surface area contributed by atoms with Gasteiger partial charge in [-0.05, 0) is 24.0 Å². The zero-order chi connectivity index (χ0) is 11.7. The summed E-state index contributed by atoms with van der Waals surface area (Å²) in [6.45, 7) is 4.34. The Kier molecular flexibility index (Phi) is 2.97. The number of rotatable bonds is 2. The van der Waals surface area contributed by atoms with Gasteiger partial charge in [0.25, 0.3) is 0 Å². The number of nitrogens with two attached hydrogens (primary N) is 1. The summed E-state index contributed by atoms with van der Waals surface area (Å²) in [5.74, 6) is 0.593. The van der Waals surface area contributed by atoms with Crippen molar-refractivity contribution in [3.05, 3.63) is 29.0 Å². The van der Waals surface area contributed by atoms with E-state index in [0.717, 1.165) is 23.0 Å². The lowest BCUT2D eigenvalue weighted by Crippen LogP contribution is -1.98. The topological polar surface area (TPSA) is 51.8 Å². The van der Waals surface area contributed by atoms with Crippen LogP contribution in [0.5, 0.6) is 0 Å². The fourth-order valence-electron chi connectivity index (χ4n) is 1.73. The first-order chi connectivity index (χ1) is 7.56. The molecular weight excluding hydrogens is 222 g/mol. The monoisotopic (exact) mass is 235 g/mol. The maximum Gasteiger partial charge on any atom is 0.131 e. The van der Waals surface area contributed by atoms with Gasteiger partial charge in [-0.3, -0.25) is 4.98 Å². The third-order valence-corrected chi connectivity index (χ3v) is 2.54. The summed E-state index contributed by atoms with van der Waals surface area (Å²) in [7, 11) is 0. The Morgan fingerprint density at radius 2 is 2.12 bits per heavy atom. The van der Waals surface area contributed by atoms with E-state index in [1.165, 1.54) is 0 Å². The lowest BCUT2D eigenvalue weighted by atomic mass is 10.0. The molecule has 0 saturated heterocycles. The van der Waals surface area contributed by atoms with Crippen LogP contribution < -0.4 is 5.73 Å². The summed E-state index contributed by atoms with van der Waals surface area (Å²) in [6.07, 6.45) is 2.84. The van der Waals surface area contributed by atoms with Gasteiger partial charge in [0.2, 0.25) is 0 Å². The molecule has 0 spiro atoms. The average Bonchev–Trinajstić information content (AvgIpc) is 2.15. The van der Waals surface area contributed by atoms with Gasteiger partial charge in [-0.1, -0.05) is 25.4 Å². The van der Waals surface area contributed by atoms with Crippen LogP contribution in [0.3, 0.4) is 0 Å². The maximum atomic E-state index is 5.86. The van der Waals surface area contributed by atoms with Crippen molar-refractivity contribution in [3.8, 4) is 0 Å². The Morgan fingerprint density at radius 3 is 2.81 bits per heavy atom. The third-order valence-electron chi connectivity index (χ3n) is 2.34. The molecule has 0 saturated carbocycles. The van der Waals surface area contributed by atoms with Crippen LogP contribution >= 0.6 is 11.6 Å². The summed E-state index contributed by atoms with van der Waals surface area (Å²) in [5, 5.41) is 0.411. The SMILES string of the molecule is CC(C)Cc1cnc2c(N)cc(Cl)nc2c1. The molecule has 4 heteroatoms. The Labute approximate surface area is 99.7 Å². The largest absolute Gasteiger partial charge is 0.397 e. The van der Waals surface area contributed by atoms with Gasteiger partial charge in [0.15, 0.2) is 0 Å². The summed E-state index contributed by atoms with van der Waals surface area (Å²) in [6, 6.07) is 3.63. The maximum absolute atomic E-state index is 5.86. The predicted octanol–water partition coefficient (Wildman–Crippen LogP) is 3.06. The molecule has 2 aromatic rings. The van der Waals surface area contributed by atoms with Gasteiger partial charge in [0.05, 0.1) is 11.2 Å². The average molecular weight is 236 g/mol. The molecule has 0 unspecified atom stereocenters. The van der Waals surface area contributed by atoms with Gasteiger partial charge in [-0.2, -0.15) is 0 Å². The highest BCUT2D eigenvalue weighted by Gasteiger charge is 2.05. The molecule has 0 amide bonds. The molecule has 0 atom stereocenters. The van der Waals surface area contributed by atoms with E-state index in [0.29, 0.717) is 16.8 Å². The minimum absolute atomic E-state index is 0.411. The molecule has 16 heavy (non-hydrogen) atoms. The van der Waals surface area contributed by atoms with Crippen LogP contribution in [0.2, 0.25) is 5.15 Å². The second kappa shape index (κ2) is 4.26. The molecule has 2 aromatic heterocycles. The minimum atomic E-state index is 0.411. The lowest BCUT2D eigenvalue weighted by molar-refractivity contribution is 0.646. The van der Waals surface area contributed by atoms with Crippen molar-refractivity contribution >= 4 is 28.3 Å². The highest BCUT2D eigenvalue weighted by Crippen LogP contribution is 2.22. The number of hydrogen-bond acceptors (Lipinski definition) is 3. The van der Waals surface area contributed by atoms with Crippen molar-refractivity contribution in [2.45, 2.75) is 20.3 Å². The van der Waals surface area contributed by atoms with Crippen molar-refractivity contribution in [3.63, 3.8) is 0 Å². The highest BCUT2D eigenvalue weighted by molar-refractivity contribution is 6.30. The quantitative estimate of drug-likeness (QED) is 0.814.